The fraction of sp³-hybridized carbons (Fsp3) is 0.625. The third-order valence-electron chi connectivity index (χ3n) is 4.18. The minimum atomic E-state index is 0.520. The van der Waals surface area contributed by atoms with Crippen molar-refractivity contribution in [3.63, 3.8) is 0 Å². The Morgan fingerprint density at radius 1 is 1.18 bits per heavy atom. The summed E-state index contributed by atoms with van der Waals surface area (Å²) in [5.74, 6) is 0.896. The third-order valence-corrected chi connectivity index (χ3v) is 4.18. The number of hydrogen-bond donors (Lipinski definition) is 1. The van der Waals surface area contributed by atoms with Crippen LogP contribution in [0.5, 0.6) is 0 Å². The van der Waals surface area contributed by atoms with Gasteiger partial charge in [0.2, 0.25) is 0 Å². The van der Waals surface area contributed by atoms with Crippen molar-refractivity contribution in [2.45, 2.75) is 58.0 Å². The van der Waals surface area contributed by atoms with Gasteiger partial charge in [-0.3, -0.25) is 0 Å². The monoisotopic (exact) mass is 231 g/mol. The molecule has 0 aliphatic heterocycles. The molecule has 2 rings (SSSR count). The number of benzene rings is 1. The van der Waals surface area contributed by atoms with Gasteiger partial charge in [-0.1, -0.05) is 50.1 Å². The summed E-state index contributed by atoms with van der Waals surface area (Å²) in [6.45, 7) is 4.63. The van der Waals surface area contributed by atoms with Crippen molar-refractivity contribution < 1.29 is 0 Å². The van der Waals surface area contributed by atoms with Gasteiger partial charge >= 0.3 is 0 Å². The molecule has 17 heavy (non-hydrogen) atoms. The van der Waals surface area contributed by atoms with E-state index >= 15 is 0 Å². The van der Waals surface area contributed by atoms with E-state index in [0.29, 0.717) is 12.1 Å². The molecule has 0 heterocycles. The molecule has 1 fully saturated rings. The fourth-order valence-corrected chi connectivity index (χ4v) is 3.05. The summed E-state index contributed by atoms with van der Waals surface area (Å²) >= 11 is 0. The van der Waals surface area contributed by atoms with Gasteiger partial charge in [-0.15, -0.1) is 0 Å². The Kier molecular flexibility index (Phi) is 4.61. The Morgan fingerprint density at radius 3 is 2.41 bits per heavy atom. The Labute approximate surface area is 106 Å². The summed E-state index contributed by atoms with van der Waals surface area (Å²) in [6.07, 6.45) is 6.86. The average Bonchev–Trinajstić information content (AvgIpc) is 2.90. The Hall–Kier alpha value is -0.820. The zero-order chi connectivity index (χ0) is 12.1. The first kappa shape index (κ1) is 12.6. The number of rotatable bonds is 5. The molecule has 0 aromatic heterocycles. The molecule has 94 valence electrons. The van der Waals surface area contributed by atoms with Crippen molar-refractivity contribution in [1.82, 2.24) is 5.32 Å². The van der Waals surface area contributed by atoms with Crippen LogP contribution < -0.4 is 5.32 Å². The van der Waals surface area contributed by atoms with Crippen LogP contribution in [0, 0.1) is 5.92 Å². The molecule has 0 spiro atoms. The van der Waals surface area contributed by atoms with E-state index < -0.39 is 0 Å². The maximum absolute atomic E-state index is 3.82. The lowest BCUT2D eigenvalue weighted by Gasteiger charge is -2.26. The zero-order valence-corrected chi connectivity index (χ0v) is 11.2. The SMILES string of the molecule is CCC(N[C@H](C)C1CCCC1)c1ccccc1. The molecule has 0 saturated heterocycles. The molecule has 0 bridgehead atoms. The second-order valence-corrected chi connectivity index (χ2v) is 5.37. The summed E-state index contributed by atoms with van der Waals surface area (Å²) in [5, 5.41) is 3.82. The average molecular weight is 231 g/mol. The zero-order valence-electron chi connectivity index (χ0n) is 11.2. The maximum Gasteiger partial charge on any atom is 0.0320 e. The molecule has 1 aliphatic carbocycles. The van der Waals surface area contributed by atoms with E-state index in [9.17, 15) is 0 Å². The van der Waals surface area contributed by atoms with E-state index in [1.807, 2.05) is 0 Å². The van der Waals surface area contributed by atoms with E-state index in [-0.39, 0.29) is 0 Å². The van der Waals surface area contributed by atoms with E-state index in [1.165, 1.54) is 37.7 Å². The molecule has 1 aromatic rings. The highest BCUT2D eigenvalue weighted by molar-refractivity contribution is 5.18. The molecule has 2 atom stereocenters. The quantitative estimate of drug-likeness (QED) is 0.796. The lowest BCUT2D eigenvalue weighted by atomic mass is 9.96. The van der Waals surface area contributed by atoms with Gasteiger partial charge in [0.25, 0.3) is 0 Å². The molecule has 1 heteroatoms. The summed E-state index contributed by atoms with van der Waals surface area (Å²) in [7, 11) is 0. The Morgan fingerprint density at radius 2 is 1.82 bits per heavy atom. The largest absolute Gasteiger partial charge is 0.307 e. The van der Waals surface area contributed by atoms with E-state index in [4.69, 9.17) is 0 Å². The standard InChI is InChI=1S/C16H25N/c1-3-16(15-11-5-4-6-12-15)17-13(2)14-9-7-8-10-14/h4-6,11-14,16-17H,3,7-10H2,1-2H3/t13-,16?/m1/s1. The molecule has 1 N–H and O–H groups in total. The van der Waals surface area contributed by atoms with Crippen LogP contribution in [0.15, 0.2) is 30.3 Å². The number of nitrogens with one attached hydrogen (secondary N) is 1. The molecule has 1 unspecified atom stereocenters. The third kappa shape index (κ3) is 3.32. The van der Waals surface area contributed by atoms with Crippen molar-refractivity contribution in [2.24, 2.45) is 5.92 Å². The van der Waals surface area contributed by atoms with E-state index in [0.717, 1.165) is 5.92 Å². The minimum absolute atomic E-state index is 0.520. The predicted molar refractivity (Wildman–Crippen MR) is 74.0 cm³/mol. The number of hydrogen-bond acceptors (Lipinski definition) is 1. The van der Waals surface area contributed by atoms with E-state index in [1.54, 1.807) is 0 Å². The molecule has 1 saturated carbocycles. The van der Waals surface area contributed by atoms with Crippen LogP contribution in [-0.4, -0.2) is 6.04 Å². The lowest BCUT2D eigenvalue weighted by Crippen LogP contribution is -2.35. The highest BCUT2D eigenvalue weighted by Gasteiger charge is 2.23. The minimum Gasteiger partial charge on any atom is -0.307 e. The summed E-state index contributed by atoms with van der Waals surface area (Å²) in [5.41, 5.74) is 1.43. The first-order valence-electron chi connectivity index (χ1n) is 7.12. The van der Waals surface area contributed by atoms with Gasteiger partial charge in [0, 0.05) is 12.1 Å². The van der Waals surface area contributed by atoms with Crippen molar-refractivity contribution in [2.75, 3.05) is 0 Å². The molecule has 1 aromatic carbocycles. The van der Waals surface area contributed by atoms with Crippen molar-refractivity contribution in [1.29, 1.82) is 0 Å². The second kappa shape index (κ2) is 6.20. The van der Waals surface area contributed by atoms with Crippen molar-refractivity contribution >= 4 is 0 Å². The molecule has 1 aliphatic rings. The van der Waals surface area contributed by atoms with E-state index in [2.05, 4.69) is 49.5 Å². The summed E-state index contributed by atoms with van der Waals surface area (Å²) in [6, 6.07) is 12.0. The predicted octanol–water partition coefficient (Wildman–Crippen LogP) is 4.31. The van der Waals surface area contributed by atoms with Gasteiger partial charge in [-0.25, -0.2) is 0 Å². The Bertz CT molecular complexity index is 314. The molecule has 0 amide bonds. The van der Waals surface area contributed by atoms with Crippen LogP contribution in [0.3, 0.4) is 0 Å². The van der Waals surface area contributed by atoms with Crippen LogP contribution in [0.25, 0.3) is 0 Å². The van der Waals surface area contributed by atoms with Gasteiger partial charge < -0.3 is 5.32 Å². The maximum atomic E-state index is 3.82. The Balaban J connectivity index is 1.95. The first-order valence-corrected chi connectivity index (χ1v) is 7.12. The normalized spacial score (nSPS) is 20.4. The summed E-state index contributed by atoms with van der Waals surface area (Å²) < 4.78 is 0. The molecular formula is C16H25N. The fourth-order valence-electron chi connectivity index (χ4n) is 3.05. The molecule has 1 nitrogen and oxygen atoms in total. The van der Waals surface area contributed by atoms with Gasteiger partial charge in [-0.2, -0.15) is 0 Å². The van der Waals surface area contributed by atoms with Crippen LogP contribution in [0.4, 0.5) is 0 Å². The van der Waals surface area contributed by atoms with Gasteiger partial charge in [-0.05, 0) is 37.7 Å². The van der Waals surface area contributed by atoms with Crippen LogP contribution >= 0.6 is 0 Å². The van der Waals surface area contributed by atoms with Crippen LogP contribution in [0.1, 0.15) is 57.6 Å². The van der Waals surface area contributed by atoms with Gasteiger partial charge in [0.15, 0.2) is 0 Å². The van der Waals surface area contributed by atoms with Gasteiger partial charge in [0.1, 0.15) is 0 Å². The topological polar surface area (TPSA) is 12.0 Å². The lowest BCUT2D eigenvalue weighted by molar-refractivity contribution is 0.339. The van der Waals surface area contributed by atoms with Crippen LogP contribution in [-0.2, 0) is 0 Å². The van der Waals surface area contributed by atoms with Gasteiger partial charge in [0.05, 0.1) is 0 Å². The highest BCUT2D eigenvalue weighted by Crippen LogP contribution is 2.29. The highest BCUT2D eigenvalue weighted by atomic mass is 14.9. The smallest absolute Gasteiger partial charge is 0.0320 e. The second-order valence-electron chi connectivity index (χ2n) is 5.37. The molecule has 0 radical (unpaired) electrons. The van der Waals surface area contributed by atoms with Crippen molar-refractivity contribution in [3.05, 3.63) is 35.9 Å². The first-order chi connectivity index (χ1) is 8.31. The van der Waals surface area contributed by atoms with Crippen molar-refractivity contribution in [3.8, 4) is 0 Å². The van der Waals surface area contributed by atoms with Crippen LogP contribution in [0.2, 0.25) is 0 Å². The summed E-state index contributed by atoms with van der Waals surface area (Å²) in [4.78, 5) is 0. The molecular weight excluding hydrogens is 206 g/mol.